The monoisotopic (exact) mass is 519 g/mol. The van der Waals surface area contributed by atoms with Crippen molar-refractivity contribution in [3.8, 4) is 11.1 Å². The summed E-state index contributed by atoms with van der Waals surface area (Å²) in [5, 5.41) is 4.08. The Balaban J connectivity index is 1.51. The van der Waals surface area contributed by atoms with Gasteiger partial charge in [0.05, 0.1) is 18.2 Å². The highest BCUT2D eigenvalue weighted by molar-refractivity contribution is 6.33. The van der Waals surface area contributed by atoms with Crippen molar-refractivity contribution in [2.75, 3.05) is 0 Å². The maximum Gasteiger partial charge on any atom is 0.225 e. The second-order valence-corrected chi connectivity index (χ2v) is 9.11. The van der Waals surface area contributed by atoms with E-state index in [9.17, 15) is 18.0 Å². The molecule has 0 radical (unpaired) electrons. The highest BCUT2D eigenvalue weighted by Gasteiger charge is 2.23. The summed E-state index contributed by atoms with van der Waals surface area (Å²) in [6.07, 6.45) is 3.29. The number of hydrogen-bond donors (Lipinski definition) is 2. The zero-order chi connectivity index (χ0) is 25.9. The first kappa shape index (κ1) is 24.6. The zero-order valence-corrected chi connectivity index (χ0v) is 20.2. The van der Waals surface area contributed by atoms with Crippen molar-refractivity contribution < 1.29 is 18.0 Å². The first-order valence-electron chi connectivity index (χ1n) is 11.6. The molecule has 0 saturated heterocycles. The molecule has 2 aromatic heterocycles. The lowest BCUT2D eigenvalue weighted by molar-refractivity contribution is -0.121. The van der Waals surface area contributed by atoms with Gasteiger partial charge in [0.25, 0.3) is 0 Å². The number of amides is 1. The molecule has 0 saturated carbocycles. The van der Waals surface area contributed by atoms with Crippen molar-refractivity contribution in [2.24, 2.45) is 0 Å². The molecule has 4 nitrogen and oxygen atoms in total. The molecule has 0 unspecified atom stereocenters. The number of carbonyl (C=O) groups excluding carboxylic acids is 1. The van der Waals surface area contributed by atoms with E-state index < -0.39 is 23.5 Å². The van der Waals surface area contributed by atoms with Crippen molar-refractivity contribution in [3.63, 3.8) is 0 Å². The van der Waals surface area contributed by atoms with Gasteiger partial charge >= 0.3 is 0 Å². The van der Waals surface area contributed by atoms with E-state index in [4.69, 9.17) is 11.6 Å². The van der Waals surface area contributed by atoms with Crippen LogP contribution in [0.4, 0.5) is 13.2 Å². The Bertz CT molecular complexity index is 1580. The lowest BCUT2D eigenvalue weighted by atomic mass is 9.95. The van der Waals surface area contributed by atoms with E-state index in [2.05, 4.69) is 15.3 Å². The largest absolute Gasteiger partial charge is 0.361 e. The van der Waals surface area contributed by atoms with Gasteiger partial charge < -0.3 is 10.3 Å². The van der Waals surface area contributed by atoms with Gasteiger partial charge in [-0.25, -0.2) is 13.2 Å². The van der Waals surface area contributed by atoms with Crippen LogP contribution in [0, 0.1) is 17.5 Å². The molecule has 0 bridgehead atoms. The SMILES string of the molecule is O=C(Cc1c[nH]c2ccc(F)cc12)N[C@@H](Cc1cc(F)cc(F)c1)c1ncccc1-c1ccccc1Cl. The van der Waals surface area contributed by atoms with Crippen LogP contribution in [0.3, 0.4) is 0 Å². The van der Waals surface area contributed by atoms with Crippen LogP contribution >= 0.6 is 11.6 Å². The fraction of sp³-hybridized carbons (Fsp3) is 0.103. The fourth-order valence-electron chi connectivity index (χ4n) is 4.50. The first-order valence-corrected chi connectivity index (χ1v) is 11.9. The van der Waals surface area contributed by atoms with E-state index in [1.165, 1.54) is 24.3 Å². The predicted molar refractivity (Wildman–Crippen MR) is 138 cm³/mol. The number of benzene rings is 3. The number of nitrogens with one attached hydrogen (secondary N) is 2. The van der Waals surface area contributed by atoms with E-state index in [0.717, 1.165) is 6.07 Å². The number of nitrogens with zero attached hydrogens (tertiary/aromatic N) is 1. The minimum atomic E-state index is -0.733. The molecule has 1 amide bonds. The van der Waals surface area contributed by atoms with Gasteiger partial charge in [-0.2, -0.15) is 0 Å². The highest BCUT2D eigenvalue weighted by atomic mass is 35.5. The number of rotatable bonds is 7. The molecule has 0 aliphatic rings. The molecule has 37 heavy (non-hydrogen) atoms. The van der Waals surface area contributed by atoms with Gasteiger partial charge in [0.2, 0.25) is 5.91 Å². The minimum absolute atomic E-state index is 0.0360. The van der Waals surface area contributed by atoms with Crippen molar-refractivity contribution in [3.05, 3.63) is 124 Å². The molecule has 5 rings (SSSR count). The zero-order valence-electron chi connectivity index (χ0n) is 19.4. The van der Waals surface area contributed by atoms with Gasteiger partial charge in [-0.15, -0.1) is 0 Å². The third-order valence-electron chi connectivity index (χ3n) is 6.11. The number of carbonyl (C=O) groups is 1. The summed E-state index contributed by atoms with van der Waals surface area (Å²) in [5.74, 6) is -2.19. The second kappa shape index (κ2) is 10.5. The quantitative estimate of drug-likeness (QED) is 0.244. The predicted octanol–water partition coefficient (Wildman–Crippen LogP) is 6.94. The molecular formula is C29H21ClF3N3O. The number of aromatic nitrogens is 2. The Morgan fingerprint density at radius 3 is 2.46 bits per heavy atom. The van der Waals surface area contributed by atoms with Gasteiger partial charge in [0.15, 0.2) is 0 Å². The summed E-state index contributed by atoms with van der Waals surface area (Å²) in [6.45, 7) is 0. The summed E-state index contributed by atoms with van der Waals surface area (Å²) >= 11 is 6.46. The van der Waals surface area contributed by atoms with E-state index in [1.54, 1.807) is 36.7 Å². The molecule has 2 heterocycles. The van der Waals surface area contributed by atoms with Crippen molar-refractivity contribution in [1.29, 1.82) is 0 Å². The van der Waals surface area contributed by atoms with Crippen LogP contribution in [0.15, 0.2) is 85.2 Å². The van der Waals surface area contributed by atoms with Gasteiger partial charge in [0.1, 0.15) is 17.5 Å². The average Bonchev–Trinajstić information content (AvgIpc) is 3.25. The van der Waals surface area contributed by atoms with E-state index >= 15 is 0 Å². The van der Waals surface area contributed by atoms with Crippen LogP contribution in [-0.4, -0.2) is 15.9 Å². The van der Waals surface area contributed by atoms with Gasteiger partial charge in [0, 0.05) is 45.5 Å². The Labute approximate surface area is 216 Å². The molecule has 0 aliphatic carbocycles. The topological polar surface area (TPSA) is 57.8 Å². The fourth-order valence-corrected chi connectivity index (χ4v) is 4.74. The maximum absolute atomic E-state index is 14.0. The first-order chi connectivity index (χ1) is 17.9. The van der Waals surface area contributed by atoms with Gasteiger partial charge in [-0.05, 0) is 60.0 Å². The van der Waals surface area contributed by atoms with Crippen LogP contribution in [0.5, 0.6) is 0 Å². The third kappa shape index (κ3) is 5.52. The number of fused-ring (bicyclic) bond motifs is 1. The number of H-pyrrole nitrogens is 1. The smallest absolute Gasteiger partial charge is 0.225 e. The lowest BCUT2D eigenvalue weighted by Crippen LogP contribution is -2.32. The summed E-state index contributed by atoms with van der Waals surface area (Å²) in [7, 11) is 0. The molecule has 8 heteroatoms. The third-order valence-corrected chi connectivity index (χ3v) is 6.44. The summed E-state index contributed by atoms with van der Waals surface area (Å²) in [4.78, 5) is 20.8. The Kier molecular flexibility index (Phi) is 6.97. The van der Waals surface area contributed by atoms with Crippen LogP contribution in [0.2, 0.25) is 5.02 Å². The van der Waals surface area contributed by atoms with E-state index in [0.29, 0.717) is 43.9 Å². The normalized spacial score (nSPS) is 12.0. The lowest BCUT2D eigenvalue weighted by Gasteiger charge is -2.22. The van der Waals surface area contributed by atoms with Crippen molar-refractivity contribution in [2.45, 2.75) is 18.9 Å². The van der Waals surface area contributed by atoms with Crippen LogP contribution < -0.4 is 5.32 Å². The molecule has 0 aliphatic heterocycles. The Morgan fingerprint density at radius 1 is 0.919 bits per heavy atom. The summed E-state index contributed by atoms with van der Waals surface area (Å²) in [5.41, 5.74) is 3.58. The second-order valence-electron chi connectivity index (χ2n) is 8.70. The molecule has 3 aromatic carbocycles. The number of hydrogen-bond acceptors (Lipinski definition) is 2. The molecule has 186 valence electrons. The van der Waals surface area contributed by atoms with Crippen molar-refractivity contribution in [1.82, 2.24) is 15.3 Å². The van der Waals surface area contributed by atoms with Crippen molar-refractivity contribution >= 4 is 28.4 Å². The van der Waals surface area contributed by atoms with Gasteiger partial charge in [-0.1, -0.05) is 35.9 Å². The molecule has 0 fully saturated rings. The van der Waals surface area contributed by atoms with E-state index in [-0.39, 0.29) is 18.7 Å². The molecule has 2 N–H and O–H groups in total. The average molecular weight is 520 g/mol. The van der Waals surface area contributed by atoms with Crippen LogP contribution in [0.1, 0.15) is 22.9 Å². The van der Waals surface area contributed by atoms with Crippen LogP contribution in [-0.2, 0) is 17.6 Å². The summed E-state index contributed by atoms with van der Waals surface area (Å²) < 4.78 is 41.8. The molecular weight excluding hydrogens is 499 g/mol. The molecule has 1 atom stereocenters. The molecule has 5 aromatic rings. The maximum atomic E-state index is 14.0. The Hall–Kier alpha value is -4.10. The Morgan fingerprint density at radius 2 is 1.68 bits per heavy atom. The summed E-state index contributed by atoms with van der Waals surface area (Å²) in [6, 6.07) is 17.6. The highest BCUT2D eigenvalue weighted by Crippen LogP contribution is 2.33. The number of halogens is 4. The van der Waals surface area contributed by atoms with Gasteiger partial charge in [-0.3, -0.25) is 9.78 Å². The number of aromatic amines is 1. The standard InChI is InChI=1S/C29H21ClF3N3O/c30-25-6-2-1-4-22(25)23-5-3-9-34-29(23)27(12-17-10-20(32)14-21(33)11-17)36-28(37)13-18-16-35-26-8-7-19(31)15-24(18)26/h1-11,14-16,27,35H,12-13H2,(H,36,37)/t27-/m0/s1. The molecule has 0 spiro atoms. The minimum Gasteiger partial charge on any atom is -0.361 e. The van der Waals surface area contributed by atoms with E-state index in [1.807, 2.05) is 18.2 Å². The number of pyridine rings is 1. The van der Waals surface area contributed by atoms with Crippen LogP contribution in [0.25, 0.3) is 22.0 Å².